The minimum absolute atomic E-state index is 0.118. The molecule has 0 aliphatic carbocycles. The van der Waals surface area contributed by atoms with Crippen LogP contribution in [0.25, 0.3) is 0 Å². The number of nitrogens with zero attached hydrogens (tertiary/aromatic N) is 1. The van der Waals surface area contributed by atoms with Crippen LogP contribution < -0.4 is 10.2 Å². The lowest BCUT2D eigenvalue weighted by Crippen LogP contribution is -2.33. The van der Waals surface area contributed by atoms with E-state index in [1.807, 2.05) is 0 Å². The second kappa shape index (κ2) is 8.19. The number of carbonyl (C=O) groups is 1. The maximum Gasteiger partial charge on any atom is 0.224 e. The van der Waals surface area contributed by atoms with Crippen molar-refractivity contribution in [3.8, 4) is 0 Å². The Hall–Kier alpha value is -2.29. The molecule has 2 aromatic rings. The van der Waals surface area contributed by atoms with Gasteiger partial charge in [-0.2, -0.15) is 0 Å². The Kier molecular flexibility index (Phi) is 5.75. The zero-order valence-corrected chi connectivity index (χ0v) is 15.3. The van der Waals surface area contributed by atoms with Gasteiger partial charge in [0.25, 0.3) is 0 Å². The second-order valence-electron chi connectivity index (χ2n) is 7.03. The molecule has 132 valence electrons. The number of anilines is 1. The molecule has 1 amide bonds. The Morgan fingerprint density at radius 1 is 1.16 bits per heavy atom. The van der Waals surface area contributed by atoms with Gasteiger partial charge >= 0.3 is 0 Å². The average molecular weight is 336 g/mol. The van der Waals surface area contributed by atoms with Crippen molar-refractivity contribution in [2.24, 2.45) is 0 Å². The molecule has 3 rings (SSSR count). The van der Waals surface area contributed by atoms with Crippen molar-refractivity contribution in [1.29, 1.82) is 0 Å². The predicted molar refractivity (Wildman–Crippen MR) is 104 cm³/mol. The Labute approximate surface area is 151 Å². The molecule has 0 saturated heterocycles. The Morgan fingerprint density at radius 2 is 2.00 bits per heavy atom. The number of benzene rings is 2. The number of aryl methyl sites for hydroxylation is 3. The van der Waals surface area contributed by atoms with E-state index in [2.05, 4.69) is 66.5 Å². The molecule has 0 radical (unpaired) electrons. The number of nitrogens with one attached hydrogen (secondary N) is 1. The van der Waals surface area contributed by atoms with Crippen LogP contribution in [0, 0.1) is 13.8 Å². The van der Waals surface area contributed by atoms with Crippen LogP contribution in [-0.4, -0.2) is 25.5 Å². The second-order valence-corrected chi connectivity index (χ2v) is 7.03. The van der Waals surface area contributed by atoms with Crippen molar-refractivity contribution in [2.75, 3.05) is 24.5 Å². The van der Waals surface area contributed by atoms with Crippen molar-refractivity contribution in [3.63, 3.8) is 0 Å². The van der Waals surface area contributed by atoms with E-state index < -0.39 is 0 Å². The number of rotatable bonds is 6. The van der Waals surface area contributed by atoms with Gasteiger partial charge in [-0.3, -0.25) is 4.79 Å². The van der Waals surface area contributed by atoms with Gasteiger partial charge in [-0.15, -0.1) is 0 Å². The van der Waals surface area contributed by atoms with E-state index in [9.17, 15) is 4.79 Å². The van der Waals surface area contributed by atoms with Crippen LogP contribution in [0.2, 0.25) is 0 Å². The minimum atomic E-state index is 0.118. The molecule has 3 nitrogen and oxygen atoms in total. The smallest absolute Gasteiger partial charge is 0.224 e. The zero-order valence-electron chi connectivity index (χ0n) is 15.3. The number of para-hydroxylation sites is 1. The van der Waals surface area contributed by atoms with E-state index in [-0.39, 0.29) is 5.91 Å². The highest BCUT2D eigenvalue weighted by Crippen LogP contribution is 2.26. The van der Waals surface area contributed by atoms with Crippen LogP contribution in [0.15, 0.2) is 42.5 Å². The summed E-state index contributed by atoms with van der Waals surface area (Å²) in [5.74, 6) is 0.118. The van der Waals surface area contributed by atoms with Crippen LogP contribution >= 0.6 is 0 Å². The van der Waals surface area contributed by atoms with Gasteiger partial charge < -0.3 is 10.2 Å². The summed E-state index contributed by atoms with van der Waals surface area (Å²) >= 11 is 0. The molecule has 0 bridgehead atoms. The maximum absolute atomic E-state index is 12.2. The molecule has 0 saturated carbocycles. The quantitative estimate of drug-likeness (QED) is 0.814. The normalized spacial score (nSPS) is 13.4. The first-order valence-electron chi connectivity index (χ1n) is 9.29. The van der Waals surface area contributed by atoms with Gasteiger partial charge in [0, 0.05) is 25.3 Å². The number of fused-ring (bicyclic) bond motifs is 1. The van der Waals surface area contributed by atoms with Gasteiger partial charge in [-0.05, 0) is 55.9 Å². The third-order valence-corrected chi connectivity index (χ3v) is 4.99. The average Bonchev–Trinajstić information content (AvgIpc) is 2.62. The van der Waals surface area contributed by atoms with E-state index in [0.717, 1.165) is 31.6 Å². The fraction of sp³-hybridized carbons (Fsp3) is 0.409. The van der Waals surface area contributed by atoms with E-state index in [1.165, 1.54) is 35.2 Å². The highest BCUT2D eigenvalue weighted by atomic mass is 16.1. The van der Waals surface area contributed by atoms with Crippen LogP contribution in [0.1, 0.15) is 35.1 Å². The zero-order chi connectivity index (χ0) is 17.6. The summed E-state index contributed by atoms with van der Waals surface area (Å²) in [6.07, 6.45) is 3.85. The molecule has 0 atom stereocenters. The van der Waals surface area contributed by atoms with Gasteiger partial charge in [-0.1, -0.05) is 42.0 Å². The van der Waals surface area contributed by atoms with Gasteiger partial charge in [0.15, 0.2) is 0 Å². The van der Waals surface area contributed by atoms with E-state index in [1.54, 1.807) is 0 Å². The number of hydrogen-bond donors (Lipinski definition) is 1. The molecule has 1 heterocycles. The molecule has 0 spiro atoms. The summed E-state index contributed by atoms with van der Waals surface area (Å²) in [5.41, 5.74) is 6.34. The third-order valence-electron chi connectivity index (χ3n) is 4.99. The van der Waals surface area contributed by atoms with E-state index in [4.69, 9.17) is 0 Å². The number of hydrogen-bond acceptors (Lipinski definition) is 2. The van der Waals surface area contributed by atoms with Crippen LogP contribution in [0.4, 0.5) is 5.69 Å². The number of carbonyl (C=O) groups excluding carboxylic acids is 1. The molecule has 1 aliphatic heterocycles. The fourth-order valence-corrected chi connectivity index (χ4v) is 3.57. The topological polar surface area (TPSA) is 32.3 Å². The lowest BCUT2D eigenvalue weighted by molar-refractivity contribution is -0.120. The molecule has 0 aromatic heterocycles. The van der Waals surface area contributed by atoms with E-state index in [0.29, 0.717) is 6.42 Å². The standard InChI is InChI=1S/C22H28N2O/c1-17-10-11-18(2)20(15-17)16-22(25)23-12-6-14-24-13-5-8-19-7-3-4-9-21(19)24/h3-4,7,9-11,15H,5-6,8,12-14,16H2,1-2H3,(H,23,25). The SMILES string of the molecule is Cc1ccc(C)c(CC(=O)NCCCN2CCCc3ccccc32)c1. The Balaban J connectivity index is 1.44. The molecule has 3 heteroatoms. The highest BCUT2D eigenvalue weighted by molar-refractivity contribution is 5.78. The van der Waals surface area contributed by atoms with Gasteiger partial charge in [0.2, 0.25) is 5.91 Å². The molecule has 1 aliphatic rings. The van der Waals surface area contributed by atoms with Crippen LogP contribution in [0.3, 0.4) is 0 Å². The van der Waals surface area contributed by atoms with Crippen molar-refractivity contribution in [3.05, 3.63) is 64.7 Å². The summed E-state index contributed by atoms with van der Waals surface area (Å²) in [6, 6.07) is 15.0. The fourth-order valence-electron chi connectivity index (χ4n) is 3.57. The molecule has 25 heavy (non-hydrogen) atoms. The summed E-state index contributed by atoms with van der Waals surface area (Å²) in [7, 11) is 0. The lowest BCUT2D eigenvalue weighted by Gasteiger charge is -2.31. The molecule has 1 N–H and O–H groups in total. The number of amides is 1. The minimum Gasteiger partial charge on any atom is -0.371 e. The van der Waals surface area contributed by atoms with Crippen molar-refractivity contribution < 1.29 is 4.79 Å². The van der Waals surface area contributed by atoms with Gasteiger partial charge in [-0.25, -0.2) is 0 Å². The summed E-state index contributed by atoms with van der Waals surface area (Å²) in [6.45, 7) is 6.99. The molecule has 0 unspecified atom stereocenters. The molecular formula is C22H28N2O. The Bertz CT molecular complexity index is 739. The first-order chi connectivity index (χ1) is 12.1. The monoisotopic (exact) mass is 336 g/mol. The summed E-state index contributed by atoms with van der Waals surface area (Å²) < 4.78 is 0. The van der Waals surface area contributed by atoms with Gasteiger partial charge in [0.1, 0.15) is 0 Å². The maximum atomic E-state index is 12.2. The highest BCUT2D eigenvalue weighted by Gasteiger charge is 2.15. The first-order valence-corrected chi connectivity index (χ1v) is 9.29. The molecular weight excluding hydrogens is 308 g/mol. The first kappa shape index (κ1) is 17.5. The van der Waals surface area contributed by atoms with Crippen LogP contribution in [0.5, 0.6) is 0 Å². The molecule has 2 aromatic carbocycles. The van der Waals surface area contributed by atoms with E-state index >= 15 is 0 Å². The predicted octanol–water partition coefficient (Wildman–Crippen LogP) is 3.81. The lowest BCUT2D eigenvalue weighted by atomic mass is 10.0. The summed E-state index contributed by atoms with van der Waals surface area (Å²) in [4.78, 5) is 14.7. The van der Waals surface area contributed by atoms with Crippen molar-refractivity contribution in [1.82, 2.24) is 5.32 Å². The largest absolute Gasteiger partial charge is 0.371 e. The van der Waals surface area contributed by atoms with Gasteiger partial charge in [0.05, 0.1) is 6.42 Å². The summed E-state index contributed by atoms with van der Waals surface area (Å²) in [5, 5.41) is 3.08. The Morgan fingerprint density at radius 3 is 2.88 bits per heavy atom. The van der Waals surface area contributed by atoms with Crippen molar-refractivity contribution in [2.45, 2.75) is 39.5 Å². The third kappa shape index (κ3) is 4.62. The van der Waals surface area contributed by atoms with Crippen LogP contribution in [-0.2, 0) is 17.6 Å². The molecule has 0 fully saturated rings. The van der Waals surface area contributed by atoms with Crippen molar-refractivity contribution >= 4 is 11.6 Å².